The van der Waals surface area contributed by atoms with Gasteiger partial charge in [0.1, 0.15) is 6.61 Å². The van der Waals surface area contributed by atoms with Gasteiger partial charge in [-0.15, -0.1) is 0 Å². The van der Waals surface area contributed by atoms with E-state index in [1.807, 2.05) is 0 Å². The average molecular weight is 144 g/mol. The lowest BCUT2D eigenvalue weighted by atomic mass is 10.6. The van der Waals surface area contributed by atoms with Crippen LogP contribution in [0.2, 0.25) is 0 Å². The molecule has 0 heterocycles. The second-order valence-corrected chi connectivity index (χ2v) is 1.80. The van der Waals surface area contributed by atoms with E-state index in [0.717, 1.165) is 0 Å². The molecule has 2 heteroatoms. The van der Waals surface area contributed by atoms with Gasteiger partial charge in [-0.3, -0.25) is 4.79 Å². The summed E-state index contributed by atoms with van der Waals surface area (Å²) in [5.74, 6) is -0.264. The minimum Gasteiger partial charge on any atom is -0.462 e. The van der Waals surface area contributed by atoms with Gasteiger partial charge in [0, 0.05) is 6.92 Å². The molecule has 0 aliphatic carbocycles. The van der Waals surface area contributed by atoms with Crippen molar-refractivity contribution in [3.05, 3.63) is 12.7 Å². The van der Waals surface area contributed by atoms with Crippen molar-refractivity contribution in [2.24, 2.45) is 0 Å². The molecule has 0 bridgehead atoms. The second kappa shape index (κ2) is 11.1. The molecular formula is C8H16O2. The van der Waals surface area contributed by atoms with Crippen LogP contribution in [0.15, 0.2) is 12.7 Å². The van der Waals surface area contributed by atoms with E-state index in [1.165, 1.54) is 19.4 Å². The molecule has 0 aliphatic heterocycles. The molecular weight excluding hydrogens is 128 g/mol. The second-order valence-electron chi connectivity index (χ2n) is 1.80. The van der Waals surface area contributed by atoms with Crippen molar-refractivity contribution in [2.45, 2.75) is 27.2 Å². The molecule has 10 heavy (non-hydrogen) atoms. The highest BCUT2D eigenvalue weighted by atomic mass is 16.5. The maximum atomic E-state index is 9.93. The van der Waals surface area contributed by atoms with Crippen molar-refractivity contribution >= 4 is 5.97 Å². The largest absolute Gasteiger partial charge is 0.462 e. The fraction of sp³-hybridized carbons (Fsp3) is 0.625. The highest BCUT2D eigenvalue weighted by Gasteiger charge is 1.83. The number of hydrogen-bond acceptors (Lipinski definition) is 2. The first-order valence-electron chi connectivity index (χ1n) is 3.43. The Morgan fingerprint density at radius 2 is 2.00 bits per heavy atom. The molecule has 0 radical (unpaired) electrons. The van der Waals surface area contributed by atoms with Crippen LogP contribution in [0.25, 0.3) is 0 Å². The maximum absolute atomic E-state index is 9.93. The van der Waals surface area contributed by atoms with Gasteiger partial charge >= 0.3 is 5.97 Å². The number of ether oxygens (including phenoxy) is 1. The van der Waals surface area contributed by atoms with Crippen LogP contribution in [0.3, 0.4) is 0 Å². The predicted octanol–water partition coefficient (Wildman–Crippen LogP) is 2.15. The van der Waals surface area contributed by atoms with Crippen LogP contribution < -0.4 is 0 Å². The van der Waals surface area contributed by atoms with Gasteiger partial charge in [0.15, 0.2) is 0 Å². The van der Waals surface area contributed by atoms with Crippen molar-refractivity contribution in [1.29, 1.82) is 0 Å². The Labute approximate surface area is 62.9 Å². The van der Waals surface area contributed by atoms with E-state index in [9.17, 15) is 4.79 Å². The van der Waals surface area contributed by atoms with Gasteiger partial charge in [-0.1, -0.05) is 32.9 Å². The number of carbonyl (C=O) groups excluding carboxylic acids is 1. The number of hydrogen-bond donors (Lipinski definition) is 0. The van der Waals surface area contributed by atoms with Crippen LogP contribution in [-0.4, -0.2) is 12.6 Å². The Hall–Kier alpha value is -0.790. The van der Waals surface area contributed by atoms with E-state index in [2.05, 4.69) is 25.2 Å². The summed E-state index contributed by atoms with van der Waals surface area (Å²) in [5, 5.41) is 0. The number of esters is 1. The standard InChI is InChI=1S/C5H8O2.C3H8/c1-3-4-7-5(2)6;1-3-2/h3H,1,4H2,2H3;3H2,1-2H3. The lowest BCUT2D eigenvalue weighted by molar-refractivity contribution is -0.139. The van der Waals surface area contributed by atoms with Gasteiger partial charge in [-0.05, 0) is 0 Å². The summed E-state index contributed by atoms with van der Waals surface area (Å²) in [6, 6.07) is 0. The third-order valence-corrected chi connectivity index (χ3v) is 0.404. The van der Waals surface area contributed by atoms with Gasteiger partial charge in [0.25, 0.3) is 0 Å². The van der Waals surface area contributed by atoms with E-state index in [1.54, 1.807) is 0 Å². The zero-order valence-corrected chi connectivity index (χ0v) is 7.02. The molecule has 0 aromatic carbocycles. The topological polar surface area (TPSA) is 26.3 Å². The maximum Gasteiger partial charge on any atom is 0.302 e. The molecule has 0 spiro atoms. The van der Waals surface area contributed by atoms with E-state index in [0.29, 0.717) is 6.61 Å². The van der Waals surface area contributed by atoms with E-state index >= 15 is 0 Å². The third kappa shape index (κ3) is 27.0. The molecule has 0 fully saturated rings. The van der Waals surface area contributed by atoms with Crippen LogP contribution in [0.5, 0.6) is 0 Å². The highest BCUT2D eigenvalue weighted by Crippen LogP contribution is 1.73. The van der Waals surface area contributed by atoms with Gasteiger partial charge < -0.3 is 4.74 Å². The number of carbonyl (C=O) groups is 1. The van der Waals surface area contributed by atoms with Gasteiger partial charge in [-0.2, -0.15) is 0 Å². The average Bonchev–Trinajstić information content (AvgIpc) is 1.85. The molecule has 2 nitrogen and oxygen atoms in total. The molecule has 0 saturated carbocycles. The molecule has 0 amide bonds. The lowest BCUT2D eigenvalue weighted by Crippen LogP contribution is -1.96. The first kappa shape index (κ1) is 11.9. The zero-order valence-electron chi connectivity index (χ0n) is 7.02. The predicted molar refractivity (Wildman–Crippen MR) is 42.8 cm³/mol. The quantitative estimate of drug-likeness (QED) is 0.438. The zero-order chi connectivity index (χ0) is 8.41. The van der Waals surface area contributed by atoms with Crippen molar-refractivity contribution in [3.63, 3.8) is 0 Å². The Balaban J connectivity index is 0. The van der Waals surface area contributed by atoms with Crippen LogP contribution in [0.1, 0.15) is 27.2 Å². The SMILES string of the molecule is C=CCOC(C)=O.CCC. The fourth-order valence-corrected chi connectivity index (χ4v) is 0.176. The van der Waals surface area contributed by atoms with Crippen LogP contribution in [0.4, 0.5) is 0 Å². The summed E-state index contributed by atoms with van der Waals surface area (Å²) in [6.45, 7) is 9.28. The van der Waals surface area contributed by atoms with Crippen molar-refractivity contribution in [3.8, 4) is 0 Å². The van der Waals surface area contributed by atoms with Crippen LogP contribution in [-0.2, 0) is 9.53 Å². The minimum atomic E-state index is -0.264. The molecule has 0 saturated heterocycles. The fourth-order valence-electron chi connectivity index (χ4n) is 0.176. The molecule has 0 rings (SSSR count). The van der Waals surface area contributed by atoms with E-state index < -0.39 is 0 Å². The van der Waals surface area contributed by atoms with Crippen LogP contribution >= 0.6 is 0 Å². The molecule has 60 valence electrons. The summed E-state index contributed by atoms with van der Waals surface area (Å²) in [4.78, 5) is 9.93. The molecule has 0 aliphatic rings. The number of rotatable bonds is 2. The third-order valence-electron chi connectivity index (χ3n) is 0.404. The Bertz CT molecular complexity index is 87.3. The molecule has 0 atom stereocenters. The smallest absolute Gasteiger partial charge is 0.302 e. The van der Waals surface area contributed by atoms with E-state index in [4.69, 9.17) is 0 Å². The monoisotopic (exact) mass is 144 g/mol. The normalized spacial score (nSPS) is 7.10. The summed E-state index contributed by atoms with van der Waals surface area (Å²) < 4.78 is 4.43. The molecule has 0 unspecified atom stereocenters. The minimum absolute atomic E-state index is 0.264. The van der Waals surface area contributed by atoms with Gasteiger partial charge in [-0.25, -0.2) is 0 Å². The first-order valence-corrected chi connectivity index (χ1v) is 3.43. The molecule has 0 aromatic heterocycles. The van der Waals surface area contributed by atoms with Gasteiger partial charge in [0.2, 0.25) is 0 Å². The summed E-state index contributed by atoms with van der Waals surface area (Å²) >= 11 is 0. The molecule has 0 aromatic rings. The van der Waals surface area contributed by atoms with Crippen molar-refractivity contribution in [2.75, 3.05) is 6.61 Å². The lowest BCUT2D eigenvalue weighted by Gasteiger charge is -1.90. The molecule has 0 N–H and O–H groups in total. The van der Waals surface area contributed by atoms with Gasteiger partial charge in [0.05, 0.1) is 0 Å². The first-order chi connectivity index (χ1) is 4.68. The summed E-state index contributed by atoms with van der Waals surface area (Å²) in [7, 11) is 0. The van der Waals surface area contributed by atoms with Crippen molar-refractivity contribution in [1.82, 2.24) is 0 Å². The summed E-state index contributed by atoms with van der Waals surface area (Å²) in [6.07, 6.45) is 2.78. The Kier molecular flexibility index (Phi) is 13.2. The Morgan fingerprint density at radius 3 is 2.10 bits per heavy atom. The van der Waals surface area contributed by atoms with Crippen LogP contribution in [0, 0.1) is 0 Å². The Morgan fingerprint density at radius 1 is 1.60 bits per heavy atom. The highest BCUT2D eigenvalue weighted by molar-refractivity contribution is 5.65. The summed E-state index contributed by atoms with van der Waals surface area (Å²) in [5.41, 5.74) is 0. The van der Waals surface area contributed by atoms with Crippen molar-refractivity contribution < 1.29 is 9.53 Å². The van der Waals surface area contributed by atoms with E-state index in [-0.39, 0.29) is 5.97 Å².